The summed E-state index contributed by atoms with van der Waals surface area (Å²) in [6, 6.07) is 0. The summed E-state index contributed by atoms with van der Waals surface area (Å²) < 4.78 is 12.1. The number of ether oxygens (including phenoxy) is 2. The van der Waals surface area contributed by atoms with Gasteiger partial charge in [-0.2, -0.15) is 0 Å². The van der Waals surface area contributed by atoms with Crippen molar-refractivity contribution in [2.75, 3.05) is 6.61 Å². The predicted molar refractivity (Wildman–Crippen MR) is 63.5 cm³/mol. The van der Waals surface area contributed by atoms with Crippen LogP contribution in [0.15, 0.2) is 12.2 Å². The minimum atomic E-state index is -0.308. The molecule has 0 aromatic rings. The van der Waals surface area contributed by atoms with Crippen molar-refractivity contribution in [2.45, 2.75) is 56.8 Å². The fourth-order valence-electron chi connectivity index (χ4n) is 3.19. The predicted octanol–water partition coefficient (Wildman–Crippen LogP) is 2.60. The Bertz CT molecular complexity index is 328. The average molecular weight is 236 g/mol. The van der Waals surface area contributed by atoms with E-state index in [0.29, 0.717) is 25.2 Å². The first-order chi connectivity index (χ1) is 8.27. The monoisotopic (exact) mass is 236 g/mol. The van der Waals surface area contributed by atoms with Crippen molar-refractivity contribution in [1.82, 2.24) is 0 Å². The number of carbonyl (C=O) groups is 1. The van der Waals surface area contributed by atoms with E-state index in [1.807, 2.05) is 6.08 Å². The van der Waals surface area contributed by atoms with Gasteiger partial charge in [-0.05, 0) is 12.8 Å². The fraction of sp³-hybridized carbons (Fsp3) is 0.786. The molecule has 2 fully saturated rings. The van der Waals surface area contributed by atoms with Crippen LogP contribution in [0.4, 0.5) is 0 Å². The molecule has 3 aliphatic rings. The second-order valence-corrected chi connectivity index (χ2v) is 5.48. The fourth-order valence-corrected chi connectivity index (χ4v) is 3.19. The molecule has 0 radical (unpaired) electrons. The molecule has 1 spiro atoms. The van der Waals surface area contributed by atoms with Gasteiger partial charge in [-0.15, -0.1) is 0 Å². The Hall–Kier alpha value is -0.670. The van der Waals surface area contributed by atoms with E-state index in [9.17, 15) is 4.79 Å². The Morgan fingerprint density at radius 2 is 2.06 bits per heavy atom. The summed E-state index contributed by atoms with van der Waals surface area (Å²) in [4.78, 5) is 11.5. The molecule has 3 rings (SSSR count). The minimum absolute atomic E-state index is 0.0913. The van der Waals surface area contributed by atoms with E-state index in [1.54, 1.807) is 0 Å². The third-order valence-electron chi connectivity index (χ3n) is 4.16. The molecule has 1 aliphatic heterocycles. The molecule has 1 saturated heterocycles. The molecule has 17 heavy (non-hydrogen) atoms. The van der Waals surface area contributed by atoms with E-state index in [1.165, 1.54) is 19.3 Å². The molecule has 2 atom stereocenters. The van der Waals surface area contributed by atoms with E-state index in [0.717, 1.165) is 12.8 Å². The Morgan fingerprint density at radius 1 is 1.24 bits per heavy atom. The van der Waals surface area contributed by atoms with E-state index in [2.05, 4.69) is 6.08 Å². The summed E-state index contributed by atoms with van der Waals surface area (Å²) in [5.41, 5.74) is 0. The topological polar surface area (TPSA) is 35.5 Å². The van der Waals surface area contributed by atoms with Gasteiger partial charge in [0.25, 0.3) is 0 Å². The summed E-state index contributed by atoms with van der Waals surface area (Å²) >= 11 is 0. The molecule has 3 nitrogen and oxygen atoms in total. The lowest BCUT2D eigenvalue weighted by Gasteiger charge is -2.32. The van der Waals surface area contributed by atoms with Crippen LogP contribution in [-0.2, 0) is 14.3 Å². The number of hydrogen-bond acceptors (Lipinski definition) is 3. The van der Waals surface area contributed by atoms with E-state index >= 15 is 0 Å². The van der Waals surface area contributed by atoms with Gasteiger partial charge in [0.2, 0.25) is 0 Å². The zero-order valence-electron chi connectivity index (χ0n) is 10.2. The number of rotatable bonds is 1. The van der Waals surface area contributed by atoms with Gasteiger partial charge >= 0.3 is 0 Å². The van der Waals surface area contributed by atoms with Gasteiger partial charge in [-0.3, -0.25) is 4.79 Å². The SMILES string of the molecule is O=C1CC=C[C@H]([C@H]2COC3(CCCCC3)O2)C1. The second kappa shape index (κ2) is 4.54. The first-order valence-corrected chi connectivity index (χ1v) is 6.78. The van der Waals surface area contributed by atoms with Gasteiger partial charge in [-0.1, -0.05) is 18.6 Å². The van der Waals surface area contributed by atoms with Crippen LogP contribution >= 0.6 is 0 Å². The summed E-state index contributed by atoms with van der Waals surface area (Å²) in [5, 5.41) is 0. The highest BCUT2D eigenvalue weighted by Gasteiger charge is 2.44. The maximum atomic E-state index is 11.5. The lowest BCUT2D eigenvalue weighted by molar-refractivity contribution is -0.190. The molecule has 2 aliphatic carbocycles. The highest BCUT2D eigenvalue weighted by atomic mass is 16.7. The number of ketones is 1. The van der Waals surface area contributed by atoms with Crippen LogP contribution in [0.5, 0.6) is 0 Å². The van der Waals surface area contributed by atoms with Crippen LogP contribution in [0, 0.1) is 5.92 Å². The van der Waals surface area contributed by atoms with E-state index in [4.69, 9.17) is 9.47 Å². The van der Waals surface area contributed by atoms with Crippen molar-refractivity contribution in [2.24, 2.45) is 5.92 Å². The van der Waals surface area contributed by atoms with Gasteiger partial charge < -0.3 is 9.47 Å². The van der Waals surface area contributed by atoms with Gasteiger partial charge in [0.05, 0.1) is 12.7 Å². The lowest BCUT2D eigenvalue weighted by Crippen LogP contribution is -2.35. The molecule has 0 unspecified atom stereocenters. The molecule has 0 N–H and O–H groups in total. The highest BCUT2D eigenvalue weighted by molar-refractivity contribution is 5.81. The van der Waals surface area contributed by atoms with Crippen molar-refractivity contribution in [1.29, 1.82) is 0 Å². The third-order valence-corrected chi connectivity index (χ3v) is 4.16. The number of allylic oxidation sites excluding steroid dienone is 1. The van der Waals surface area contributed by atoms with Gasteiger partial charge in [0, 0.05) is 31.6 Å². The molecule has 1 saturated carbocycles. The van der Waals surface area contributed by atoms with E-state index in [-0.39, 0.29) is 17.8 Å². The van der Waals surface area contributed by atoms with Crippen molar-refractivity contribution >= 4 is 5.78 Å². The Morgan fingerprint density at radius 3 is 2.82 bits per heavy atom. The third kappa shape index (κ3) is 2.31. The Labute approximate surface area is 102 Å². The van der Waals surface area contributed by atoms with Crippen molar-refractivity contribution in [3.8, 4) is 0 Å². The zero-order chi connectivity index (χ0) is 11.7. The Kier molecular flexibility index (Phi) is 3.05. The maximum absolute atomic E-state index is 11.5. The van der Waals surface area contributed by atoms with Crippen molar-refractivity contribution < 1.29 is 14.3 Å². The average Bonchev–Trinajstić information content (AvgIpc) is 2.74. The molecule has 0 aromatic carbocycles. The van der Waals surface area contributed by atoms with Crippen LogP contribution in [0.25, 0.3) is 0 Å². The maximum Gasteiger partial charge on any atom is 0.168 e. The van der Waals surface area contributed by atoms with Crippen LogP contribution in [-0.4, -0.2) is 24.3 Å². The van der Waals surface area contributed by atoms with Crippen molar-refractivity contribution in [3.63, 3.8) is 0 Å². The Balaban J connectivity index is 1.65. The largest absolute Gasteiger partial charge is 0.347 e. The van der Waals surface area contributed by atoms with Crippen LogP contribution < -0.4 is 0 Å². The van der Waals surface area contributed by atoms with E-state index < -0.39 is 0 Å². The summed E-state index contributed by atoms with van der Waals surface area (Å²) in [6.07, 6.45) is 11.2. The minimum Gasteiger partial charge on any atom is -0.347 e. The molecule has 3 heteroatoms. The molecule has 94 valence electrons. The number of hydrogen-bond donors (Lipinski definition) is 0. The first kappa shape index (κ1) is 11.4. The lowest BCUT2D eigenvalue weighted by atomic mass is 9.90. The second-order valence-electron chi connectivity index (χ2n) is 5.48. The molecule has 0 amide bonds. The quantitative estimate of drug-likeness (QED) is 0.656. The first-order valence-electron chi connectivity index (χ1n) is 6.78. The summed E-state index contributed by atoms with van der Waals surface area (Å²) in [7, 11) is 0. The smallest absolute Gasteiger partial charge is 0.168 e. The highest BCUT2D eigenvalue weighted by Crippen LogP contribution is 2.40. The number of carbonyl (C=O) groups excluding carboxylic acids is 1. The molecule has 0 aromatic heterocycles. The normalized spacial score (nSPS) is 36.6. The van der Waals surface area contributed by atoms with Crippen molar-refractivity contribution in [3.05, 3.63) is 12.2 Å². The standard InChI is InChI=1S/C14H20O3/c15-12-6-4-5-11(9-12)13-10-16-14(17-13)7-2-1-3-8-14/h4-5,11,13H,1-3,6-10H2/t11-,13+/m0/s1. The van der Waals surface area contributed by atoms with Crippen LogP contribution in [0.3, 0.4) is 0 Å². The molecule has 0 bridgehead atoms. The van der Waals surface area contributed by atoms with Crippen LogP contribution in [0.2, 0.25) is 0 Å². The van der Waals surface area contributed by atoms with Crippen LogP contribution in [0.1, 0.15) is 44.9 Å². The van der Waals surface area contributed by atoms with Gasteiger partial charge in [-0.25, -0.2) is 0 Å². The molecular formula is C14H20O3. The number of Topliss-reactive ketones (excluding diaryl/α,β-unsaturated/α-hetero) is 1. The van der Waals surface area contributed by atoms with Gasteiger partial charge in [0.15, 0.2) is 5.79 Å². The molecule has 1 heterocycles. The summed E-state index contributed by atoms with van der Waals surface area (Å²) in [6.45, 7) is 0.655. The summed E-state index contributed by atoms with van der Waals surface area (Å²) in [5.74, 6) is 0.250. The zero-order valence-corrected chi connectivity index (χ0v) is 10.2. The molecular weight excluding hydrogens is 216 g/mol. The van der Waals surface area contributed by atoms with Gasteiger partial charge in [0.1, 0.15) is 5.78 Å².